The average Bonchev–Trinajstić information content (AvgIpc) is 3.02. The third-order valence-electron chi connectivity index (χ3n) is 8.64. The van der Waals surface area contributed by atoms with Crippen molar-refractivity contribution in [3.63, 3.8) is 0 Å². The van der Waals surface area contributed by atoms with Gasteiger partial charge in [-0.25, -0.2) is 9.37 Å². The number of nitrogens with two attached hydrogens (primary N) is 1. The summed E-state index contributed by atoms with van der Waals surface area (Å²) in [6.07, 6.45) is 4.94. The number of hydrogen-bond acceptors (Lipinski definition) is 7. The molecule has 5 rings (SSSR count). The molecule has 0 saturated carbocycles. The normalized spacial score (nSPS) is 18.3. The molecular weight excluding hydrogens is 652 g/mol. The maximum Gasteiger partial charge on any atom is 0.276 e. The lowest BCUT2D eigenvalue weighted by molar-refractivity contribution is -0.128. The fourth-order valence-electron chi connectivity index (χ4n) is 6.32. The average molecular weight is 685 g/mol. The van der Waals surface area contributed by atoms with Gasteiger partial charge in [-0.3, -0.25) is 14.2 Å². The van der Waals surface area contributed by atoms with Crippen molar-refractivity contribution < 1.29 is 9.18 Å². The predicted octanol–water partition coefficient (Wildman–Crippen LogP) is 6.52. The van der Waals surface area contributed by atoms with Crippen molar-refractivity contribution in [1.29, 1.82) is 5.26 Å². The highest BCUT2D eigenvalue weighted by Gasteiger charge is 2.34. The molecule has 0 bridgehead atoms. The molecule has 4 heterocycles. The number of carbonyl (C=O) groups is 1. The van der Waals surface area contributed by atoms with Crippen LogP contribution < -0.4 is 21.5 Å². The van der Waals surface area contributed by atoms with Gasteiger partial charge in [0.1, 0.15) is 22.3 Å². The largest absolute Gasteiger partial charge is 0.397 e. The Balaban J connectivity index is 1.91. The number of pyridine rings is 2. The number of nitrogens with zero attached hydrogens (tertiary/aromatic N) is 5. The van der Waals surface area contributed by atoms with Gasteiger partial charge in [0.2, 0.25) is 5.91 Å². The van der Waals surface area contributed by atoms with E-state index in [2.05, 4.69) is 18.0 Å². The van der Waals surface area contributed by atoms with E-state index in [1.54, 1.807) is 17.9 Å². The number of halogens is 4. The molecule has 46 heavy (non-hydrogen) atoms. The second-order valence-electron chi connectivity index (χ2n) is 11.8. The quantitative estimate of drug-likeness (QED) is 0.178. The zero-order chi connectivity index (χ0) is 33.8. The zero-order valence-electron chi connectivity index (χ0n) is 26.0. The van der Waals surface area contributed by atoms with E-state index in [0.29, 0.717) is 36.4 Å². The second-order valence-corrected chi connectivity index (χ2v) is 13.0. The highest BCUT2D eigenvalue weighted by Crippen LogP contribution is 2.44. The summed E-state index contributed by atoms with van der Waals surface area (Å²) >= 11 is 19.5. The number of aromatic nitrogens is 2. The van der Waals surface area contributed by atoms with Gasteiger partial charge in [-0.1, -0.05) is 55.2 Å². The number of amides is 1. The summed E-state index contributed by atoms with van der Waals surface area (Å²) < 4.78 is 16.2. The van der Waals surface area contributed by atoms with E-state index in [4.69, 9.17) is 45.5 Å². The van der Waals surface area contributed by atoms with Gasteiger partial charge >= 0.3 is 0 Å². The Morgan fingerprint density at radius 2 is 1.96 bits per heavy atom. The van der Waals surface area contributed by atoms with Crippen LogP contribution in [0.1, 0.15) is 38.8 Å². The minimum absolute atomic E-state index is 0.0396. The van der Waals surface area contributed by atoms with Crippen LogP contribution in [0.15, 0.2) is 41.4 Å². The fourth-order valence-corrected chi connectivity index (χ4v) is 6.99. The Morgan fingerprint density at radius 3 is 2.57 bits per heavy atom. The van der Waals surface area contributed by atoms with Gasteiger partial charge in [-0.15, -0.1) is 0 Å². The molecule has 1 unspecified atom stereocenters. The van der Waals surface area contributed by atoms with Crippen LogP contribution >= 0.6 is 34.8 Å². The first-order valence-electron chi connectivity index (χ1n) is 14.7. The van der Waals surface area contributed by atoms with Gasteiger partial charge in [-0.05, 0) is 62.2 Å². The van der Waals surface area contributed by atoms with Crippen molar-refractivity contribution in [1.82, 2.24) is 19.8 Å². The molecule has 2 aliphatic rings. The van der Waals surface area contributed by atoms with Crippen molar-refractivity contribution in [2.24, 2.45) is 5.92 Å². The third kappa shape index (κ3) is 5.30. The molecule has 2 atom stereocenters. The van der Waals surface area contributed by atoms with E-state index in [-0.39, 0.29) is 72.7 Å². The number of nitrogen functional groups attached to an aromatic ring is 1. The van der Waals surface area contributed by atoms with E-state index >= 15 is 0 Å². The Labute approximate surface area is 281 Å². The lowest BCUT2D eigenvalue weighted by atomic mass is 9.94. The molecule has 1 saturated heterocycles. The number of hydrogen-bond donors (Lipinski definition) is 2. The van der Waals surface area contributed by atoms with E-state index in [9.17, 15) is 19.2 Å². The zero-order valence-corrected chi connectivity index (χ0v) is 28.3. The highest BCUT2D eigenvalue weighted by atomic mass is 35.5. The Bertz CT molecular complexity index is 1950. The number of benzene rings is 1. The van der Waals surface area contributed by atoms with Gasteiger partial charge in [0.05, 0.1) is 38.9 Å². The fraction of sp³-hybridized carbons (Fsp3) is 0.333. The van der Waals surface area contributed by atoms with Gasteiger partial charge in [0.15, 0.2) is 5.82 Å². The Hall–Kier alpha value is -4.04. The number of carbonyl (C=O) groups excluding carboxylic acids is 1. The molecule has 0 radical (unpaired) electrons. The lowest BCUT2D eigenvalue weighted by Crippen LogP contribution is -2.54. The van der Waals surface area contributed by atoms with Crippen LogP contribution in [0, 0.1) is 30.0 Å². The van der Waals surface area contributed by atoms with Gasteiger partial charge in [0.25, 0.3) is 5.56 Å². The molecular formula is C33H33Cl3FN7O2. The molecule has 13 heteroatoms. The van der Waals surface area contributed by atoms with Crippen LogP contribution in [0.3, 0.4) is 0 Å². The number of dihydropyridines is 1. The lowest BCUT2D eigenvalue weighted by Gasteiger charge is -2.41. The molecule has 0 spiro atoms. The van der Waals surface area contributed by atoms with Crippen molar-refractivity contribution in [3.05, 3.63) is 78.9 Å². The first-order chi connectivity index (χ1) is 21.7. The van der Waals surface area contributed by atoms with Gasteiger partial charge in [0, 0.05) is 36.6 Å². The third-order valence-corrected chi connectivity index (χ3v) is 9.74. The smallest absolute Gasteiger partial charge is 0.276 e. The summed E-state index contributed by atoms with van der Waals surface area (Å²) in [6.45, 7) is 14.0. The highest BCUT2D eigenvalue weighted by molar-refractivity contribution is 6.39. The molecule has 2 aliphatic heterocycles. The number of piperazine rings is 1. The first kappa shape index (κ1) is 33.3. The minimum Gasteiger partial charge on any atom is -0.397 e. The summed E-state index contributed by atoms with van der Waals surface area (Å²) in [5.74, 6) is -1.02. The summed E-state index contributed by atoms with van der Waals surface area (Å²) in [4.78, 5) is 35.6. The van der Waals surface area contributed by atoms with Crippen molar-refractivity contribution in [2.45, 2.75) is 46.7 Å². The van der Waals surface area contributed by atoms with E-state index < -0.39 is 11.4 Å². The van der Waals surface area contributed by atoms with Crippen LogP contribution in [0.25, 0.3) is 28.0 Å². The van der Waals surface area contributed by atoms with Crippen molar-refractivity contribution >= 4 is 68.8 Å². The molecule has 0 aliphatic carbocycles. The SMILES string of the molecule is C=CC(=O)N1CCN(c2c(C#N)c(=O)n(C3=C(C)C=CNC3C(C)C)c3nc(-c4c(C)c(Cl)c(F)c(Cl)c4N)c(Cl)cc23)C[C@H]1C. The van der Waals surface area contributed by atoms with Gasteiger partial charge < -0.3 is 20.9 Å². The number of allylic oxidation sites excluding steroid dienone is 2. The van der Waals surface area contributed by atoms with Crippen LogP contribution in [-0.4, -0.2) is 52.1 Å². The summed E-state index contributed by atoms with van der Waals surface area (Å²) in [7, 11) is 0. The summed E-state index contributed by atoms with van der Waals surface area (Å²) in [6, 6.07) is 3.23. The number of nitriles is 1. The number of fused-ring (bicyclic) bond motifs is 1. The minimum atomic E-state index is -0.860. The standard InChI is InChI=1S/C33H33Cl3FN7O2/c1-7-22(45)43-11-10-42(14-17(43)5)31-19-12-21(34)29(23-18(6)24(35)26(37)25(36)27(23)39)41-32(19)44(33(46)20(31)13-38)30-16(4)8-9-40-28(30)15(2)3/h7-9,12,15,17,28,40H,1,10-11,14,39H2,2-6H3/t17-,28?/m1/s1. The summed E-state index contributed by atoms with van der Waals surface area (Å²) in [5, 5.41) is 13.8. The van der Waals surface area contributed by atoms with E-state index in [0.717, 1.165) is 5.57 Å². The Morgan fingerprint density at radius 1 is 1.26 bits per heavy atom. The van der Waals surface area contributed by atoms with Crippen molar-refractivity contribution in [3.8, 4) is 17.3 Å². The van der Waals surface area contributed by atoms with E-state index in [1.807, 2.05) is 44.9 Å². The first-order valence-corrected chi connectivity index (χ1v) is 15.8. The van der Waals surface area contributed by atoms with Gasteiger partial charge in [-0.2, -0.15) is 5.26 Å². The van der Waals surface area contributed by atoms with Crippen LogP contribution in [0.4, 0.5) is 15.8 Å². The monoisotopic (exact) mass is 683 g/mol. The second kappa shape index (κ2) is 12.6. The number of anilines is 2. The van der Waals surface area contributed by atoms with Crippen LogP contribution in [0.5, 0.6) is 0 Å². The Kier molecular flexibility index (Phi) is 9.15. The molecule has 3 N–H and O–H groups in total. The molecule has 1 amide bonds. The van der Waals surface area contributed by atoms with Crippen LogP contribution in [-0.2, 0) is 4.79 Å². The van der Waals surface area contributed by atoms with Crippen molar-refractivity contribution in [2.75, 3.05) is 30.3 Å². The molecule has 240 valence electrons. The maximum absolute atomic E-state index is 14.8. The number of rotatable bonds is 5. The molecule has 9 nitrogen and oxygen atoms in total. The molecule has 1 aromatic carbocycles. The maximum atomic E-state index is 14.8. The number of nitrogens with one attached hydrogen (secondary N) is 1. The molecule has 3 aromatic rings. The molecule has 2 aromatic heterocycles. The summed E-state index contributed by atoms with van der Waals surface area (Å²) in [5.41, 5.74) is 8.19. The van der Waals surface area contributed by atoms with E-state index in [1.165, 1.54) is 10.6 Å². The predicted molar refractivity (Wildman–Crippen MR) is 184 cm³/mol. The topological polar surface area (TPSA) is 120 Å². The molecule has 1 fully saturated rings. The van der Waals surface area contributed by atoms with Crippen LogP contribution in [0.2, 0.25) is 15.1 Å².